The zero-order chi connectivity index (χ0) is 15.5. The average Bonchev–Trinajstić information content (AvgIpc) is 2.46. The van der Waals surface area contributed by atoms with Gasteiger partial charge in [-0.25, -0.2) is 8.42 Å². The molecular weight excluding hydrogens is 286 g/mol. The van der Waals surface area contributed by atoms with Crippen LogP contribution in [0.4, 0.5) is 0 Å². The monoisotopic (exact) mass is 303 g/mol. The summed E-state index contributed by atoms with van der Waals surface area (Å²) in [5.74, 6) is -0.253. The molecule has 0 amide bonds. The molecule has 0 fully saturated rings. The van der Waals surface area contributed by atoms with Gasteiger partial charge in [-0.2, -0.15) is 4.72 Å². The number of rotatable bonds is 5. The lowest BCUT2D eigenvalue weighted by atomic mass is 10.1. The smallest absolute Gasteiger partial charge is 0.241 e. The Morgan fingerprint density at radius 3 is 2.10 bits per heavy atom. The first-order chi connectivity index (χ1) is 9.90. The molecule has 4 nitrogen and oxygen atoms in total. The summed E-state index contributed by atoms with van der Waals surface area (Å²) in [6.45, 7) is 3.25. The summed E-state index contributed by atoms with van der Waals surface area (Å²) in [6.07, 6.45) is 0. The summed E-state index contributed by atoms with van der Waals surface area (Å²) >= 11 is 0. The summed E-state index contributed by atoms with van der Waals surface area (Å²) in [4.78, 5) is 11.9. The quantitative estimate of drug-likeness (QED) is 0.923. The fourth-order valence-corrected chi connectivity index (χ4v) is 3.21. The molecule has 0 bridgehead atoms. The van der Waals surface area contributed by atoms with Gasteiger partial charge in [0.15, 0.2) is 5.78 Å². The molecule has 21 heavy (non-hydrogen) atoms. The maximum atomic E-state index is 12.4. The largest absolute Gasteiger partial charge is 0.298 e. The first kappa shape index (κ1) is 15.4. The Kier molecular flexibility index (Phi) is 4.55. The van der Waals surface area contributed by atoms with Crippen LogP contribution in [0.15, 0.2) is 59.5 Å². The van der Waals surface area contributed by atoms with E-state index < -0.39 is 16.1 Å². The fourth-order valence-electron chi connectivity index (χ4n) is 1.97. The number of hydrogen-bond acceptors (Lipinski definition) is 3. The lowest BCUT2D eigenvalue weighted by molar-refractivity contribution is -0.118. The molecule has 0 radical (unpaired) electrons. The van der Waals surface area contributed by atoms with Crippen LogP contribution in [0.3, 0.4) is 0 Å². The number of ketones is 1. The maximum absolute atomic E-state index is 12.4. The fraction of sp³-hybridized carbons (Fsp3) is 0.188. The van der Waals surface area contributed by atoms with Gasteiger partial charge in [-0.05, 0) is 31.5 Å². The summed E-state index contributed by atoms with van der Waals surface area (Å²) in [6, 6.07) is 14.4. The lowest BCUT2D eigenvalue weighted by Gasteiger charge is -2.16. The number of carbonyl (C=O) groups excluding carboxylic acids is 1. The Morgan fingerprint density at radius 2 is 1.57 bits per heavy atom. The Balaban J connectivity index is 2.32. The van der Waals surface area contributed by atoms with E-state index in [9.17, 15) is 13.2 Å². The third-order valence-corrected chi connectivity index (χ3v) is 4.58. The average molecular weight is 303 g/mol. The van der Waals surface area contributed by atoms with E-state index in [4.69, 9.17) is 0 Å². The minimum atomic E-state index is -3.74. The Morgan fingerprint density at radius 1 is 1.00 bits per heavy atom. The van der Waals surface area contributed by atoms with Crippen LogP contribution in [0.2, 0.25) is 0 Å². The molecule has 110 valence electrons. The van der Waals surface area contributed by atoms with Crippen molar-refractivity contribution < 1.29 is 13.2 Å². The molecule has 2 rings (SSSR count). The minimum Gasteiger partial charge on any atom is -0.298 e. The van der Waals surface area contributed by atoms with Crippen LogP contribution in [-0.4, -0.2) is 14.2 Å². The van der Waals surface area contributed by atoms with Crippen LogP contribution >= 0.6 is 0 Å². The molecule has 0 heterocycles. The van der Waals surface area contributed by atoms with Crippen LogP contribution in [-0.2, 0) is 14.8 Å². The summed E-state index contributed by atoms with van der Waals surface area (Å²) < 4.78 is 27.2. The van der Waals surface area contributed by atoms with Crippen molar-refractivity contribution in [3.63, 3.8) is 0 Å². The maximum Gasteiger partial charge on any atom is 0.241 e. The van der Waals surface area contributed by atoms with Gasteiger partial charge in [0, 0.05) is 0 Å². The SMILES string of the molecule is CC(=O)[C@@H](NS(=O)(=O)c1ccc(C)cc1)c1ccccc1. The number of sulfonamides is 1. The molecule has 0 aliphatic rings. The molecule has 5 heteroatoms. The highest BCUT2D eigenvalue weighted by Crippen LogP contribution is 2.18. The number of carbonyl (C=O) groups is 1. The van der Waals surface area contributed by atoms with E-state index >= 15 is 0 Å². The lowest BCUT2D eigenvalue weighted by Crippen LogP contribution is -2.32. The van der Waals surface area contributed by atoms with Crippen LogP contribution in [0.25, 0.3) is 0 Å². The third-order valence-electron chi connectivity index (χ3n) is 3.14. The molecule has 0 saturated carbocycles. The Bertz CT molecular complexity index is 722. The van der Waals surface area contributed by atoms with E-state index in [1.165, 1.54) is 19.1 Å². The van der Waals surface area contributed by atoms with E-state index in [1.54, 1.807) is 36.4 Å². The highest BCUT2D eigenvalue weighted by molar-refractivity contribution is 7.89. The second-order valence-electron chi connectivity index (χ2n) is 4.89. The number of aryl methyl sites for hydroxylation is 1. The van der Waals surface area contributed by atoms with E-state index in [0.29, 0.717) is 5.56 Å². The molecule has 0 saturated heterocycles. The van der Waals surface area contributed by atoms with E-state index in [-0.39, 0.29) is 10.7 Å². The molecule has 2 aromatic rings. The van der Waals surface area contributed by atoms with Crippen molar-refractivity contribution in [3.05, 3.63) is 65.7 Å². The van der Waals surface area contributed by atoms with E-state index in [0.717, 1.165) is 5.56 Å². The van der Waals surface area contributed by atoms with Crippen molar-refractivity contribution in [1.82, 2.24) is 4.72 Å². The van der Waals surface area contributed by atoms with Gasteiger partial charge in [0.1, 0.15) is 6.04 Å². The highest BCUT2D eigenvalue weighted by atomic mass is 32.2. The van der Waals surface area contributed by atoms with Crippen molar-refractivity contribution in [3.8, 4) is 0 Å². The third kappa shape index (κ3) is 3.77. The van der Waals surface area contributed by atoms with Gasteiger partial charge in [0.2, 0.25) is 10.0 Å². The molecule has 0 spiro atoms. The zero-order valence-corrected chi connectivity index (χ0v) is 12.7. The van der Waals surface area contributed by atoms with Crippen molar-refractivity contribution in [2.24, 2.45) is 0 Å². The van der Waals surface area contributed by atoms with Crippen molar-refractivity contribution in [2.75, 3.05) is 0 Å². The highest BCUT2D eigenvalue weighted by Gasteiger charge is 2.24. The predicted molar refractivity (Wildman–Crippen MR) is 81.4 cm³/mol. The van der Waals surface area contributed by atoms with Gasteiger partial charge in [-0.15, -0.1) is 0 Å². The van der Waals surface area contributed by atoms with Crippen molar-refractivity contribution >= 4 is 15.8 Å². The second-order valence-corrected chi connectivity index (χ2v) is 6.60. The summed E-state index contributed by atoms with van der Waals surface area (Å²) in [7, 11) is -3.74. The predicted octanol–water partition coefficient (Wildman–Crippen LogP) is 2.60. The van der Waals surface area contributed by atoms with Crippen molar-refractivity contribution in [2.45, 2.75) is 24.8 Å². The van der Waals surface area contributed by atoms with Gasteiger partial charge in [0.05, 0.1) is 4.90 Å². The van der Waals surface area contributed by atoms with Crippen LogP contribution < -0.4 is 4.72 Å². The van der Waals surface area contributed by atoms with Crippen LogP contribution in [0, 0.1) is 6.92 Å². The topological polar surface area (TPSA) is 63.2 Å². The number of Topliss-reactive ketones (excluding diaryl/α,β-unsaturated/α-hetero) is 1. The molecule has 0 aromatic heterocycles. The number of hydrogen-bond donors (Lipinski definition) is 1. The van der Waals surface area contributed by atoms with Gasteiger partial charge >= 0.3 is 0 Å². The number of benzene rings is 2. The van der Waals surface area contributed by atoms with Crippen LogP contribution in [0.1, 0.15) is 24.1 Å². The van der Waals surface area contributed by atoms with Crippen molar-refractivity contribution in [1.29, 1.82) is 0 Å². The van der Waals surface area contributed by atoms with E-state index in [1.807, 2.05) is 13.0 Å². The summed E-state index contributed by atoms with van der Waals surface area (Å²) in [5, 5.41) is 0. The number of nitrogens with one attached hydrogen (secondary N) is 1. The standard InChI is InChI=1S/C16H17NO3S/c1-12-8-10-15(11-9-12)21(19,20)17-16(13(2)18)14-6-4-3-5-7-14/h3-11,16-17H,1-2H3/t16-/m1/s1. The molecule has 0 aliphatic heterocycles. The molecule has 0 unspecified atom stereocenters. The molecular formula is C16H17NO3S. The summed E-state index contributed by atoms with van der Waals surface area (Å²) in [5.41, 5.74) is 1.60. The Labute approximate surface area is 124 Å². The Hall–Kier alpha value is -1.98. The molecule has 1 N–H and O–H groups in total. The van der Waals surface area contributed by atoms with Gasteiger partial charge in [-0.3, -0.25) is 4.79 Å². The molecule has 1 atom stereocenters. The van der Waals surface area contributed by atoms with Gasteiger partial charge < -0.3 is 0 Å². The zero-order valence-electron chi connectivity index (χ0n) is 11.9. The van der Waals surface area contributed by atoms with Crippen LogP contribution in [0.5, 0.6) is 0 Å². The first-order valence-electron chi connectivity index (χ1n) is 6.54. The second kappa shape index (κ2) is 6.20. The van der Waals surface area contributed by atoms with E-state index in [2.05, 4.69) is 4.72 Å². The molecule has 2 aromatic carbocycles. The normalized spacial score (nSPS) is 12.9. The van der Waals surface area contributed by atoms with Gasteiger partial charge in [0.25, 0.3) is 0 Å². The van der Waals surface area contributed by atoms with Gasteiger partial charge in [-0.1, -0.05) is 48.0 Å². The molecule has 0 aliphatic carbocycles. The first-order valence-corrected chi connectivity index (χ1v) is 8.03. The minimum absolute atomic E-state index is 0.148.